The largest absolute Gasteiger partial charge is 0.311 e. The van der Waals surface area contributed by atoms with E-state index in [9.17, 15) is 13.2 Å². The molecular formula is C19H24N4O3S. The van der Waals surface area contributed by atoms with Gasteiger partial charge in [-0.2, -0.15) is 9.40 Å². The highest BCUT2D eigenvalue weighted by atomic mass is 32.2. The quantitative estimate of drug-likeness (QED) is 0.807. The van der Waals surface area contributed by atoms with Crippen LogP contribution >= 0.6 is 0 Å². The zero-order chi connectivity index (χ0) is 19.2. The van der Waals surface area contributed by atoms with E-state index < -0.39 is 15.6 Å². The molecule has 2 aromatic rings. The molecule has 2 aliphatic rings. The number of benzene rings is 1. The van der Waals surface area contributed by atoms with Crippen molar-refractivity contribution in [2.75, 3.05) is 18.0 Å². The van der Waals surface area contributed by atoms with Gasteiger partial charge in [-0.05, 0) is 44.7 Å². The van der Waals surface area contributed by atoms with Gasteiger partial charge in [-0.25, -0.2) is 8.42 Å². The van der Waals surface area contributed by atoms with Gasteiger partial charge in [-0.3, -0.25) is 9.48 Å². The minimum atomic E-state index is -3.77. The third-order valence-corrected chi connectivity index (χ3v) is 7.58. The third-order valence-electron chi connectivity index (χ3n) is 5.66. The molecule has 1 spiro atoms. The number of carbonyl (C=O) groups excluding carboxylic acids is 1. The van der Waals surface area contributed by atoms with Crippen molar-refractivity contribution in [2.45, 2.75) is 43.0 Å². The number of aryl methyl sites for hydroxylation is 2. The molecule has 1 amide bonds. The van der Waals surface area contributed by atoms with E-state index in [1.54, 1.807) is 11.9 Å². The average molecular weight is 388 g/mol. The fourth-order valence-electron chi connectivity index (χ4n) is 4.29. The molecule has 0 aliphatic carbocycles. The van der Waals surface area contributed by atoms with Crippen LogP contribution in [0.5, 0.6) is 0 Å². The number of piperidine rings is 1. The van der Waals surface area contributed by atoms with E-state index in [4.69, 9.17) is 0 Å². The number of amides is 1. The molecule has 144 valence electrons. The Morgan fingerprint density at radius 1 is 1.07 bits per heavy atom. The number of anilines is 1. The summed E-state index contributed by atoms with van der Waals surface area (Å²) in [6, 6.07) is 7.81. The predicted molar refractivity (Wildman–Crippen MR) is 102 cm³/mol. The zero-order valence-electron chi connectivity index (χ0n) is 15.6. The van der Waals surface area contributed by atoms with E-state index in [0.717, 1.165) is 17.7 Å². The second kappa shape index (κ2) is 6.45. The Balaban J connectivity index is 1.72. The normalized spacial score (nSPS) is 24.1. The molecule has 0 saturated carbocycles. The lowest BCUT2D eigenvalue weighted by Crippen LogP contribution is -2.61. The van der Waals surface area contributed by atoms with Crippen LogP contribution in [0.1, 0.15) is 31.2 Å². The molecule has 7 nitrogen and oxygen atoms in total. The van der Waals surface area contributed by atoms with Gasteiger partial charge in [0.25, 0.3) is 0 Å². The lowest BCUT2D eigenvalue weighted by Gasteiger charge is -2.43. The molecule has 8 heteroatoms. The second-order valence-corrected chi connectivity index (χ2v) is 9.32. The molecule has 2 fully saturated rings. The summed E-state index contributed by atoms with van der Waals surface area (Å²) in [5, 5.41) is 3.99. The molecule has 27 heavy (non-hydrogen) atoms. The van der Waals surface area contributed by atoms with Crippen molar-refractivity contribution in [3.8, 4) is 0 Å². The van der Waals surface area contributed by atoms with Gasteiger partial charge in [0, 0.05) is 32.0 Å². The molecular weight excluding hydrogens is 364 g/mol. The smallest absolute Gasteiger partial charge is 0.248 e. The van der Waals surface area contributed by atoms with Gasteiger partial charge in [-0.15, -0.1) is 0 Å². The van der Waals surface area contributed by atoms with Crippen LogP contribution in [0.15, 0.2) is 41.6 Å². The standard InChI is InChI=1S/C19H24N4O3S/c1-15-5-7-16(8-6-15)22-11-3-9-19(18(22)24)10-4-12-23(19)27(25,26)17-13-20-21(2)14-17/h5-8,13-14H,3-4,9-12H2,1-2H3. The molecule has 1 aromatic heterocycles. The highest BCUT2D eigenvalue weighted by Crippen LogP contribution is 2.42. The summed E-state index contributed by atoms with van der Waals surface area (Å²) in [5.41, 5.74) is 0.965. The predicted octanol–water partition coefficient (Wildman–Crippen LogP) is 2.08. The SMILES string of the molecule is Cc1ccc(N2CCCC3(CCCN3S(=O)(=O)c3cnn(C)c3)C2=O)cc1. The summed E-state index contributed by atoms with van der Waals surface area (Å²) in [4.78, 5) is 15.4. The number of nitrogens with zero attached hydrogens (tertiary/aromatic N) is 4. The van der Waals surface area contributed by atoms with E-state index >= 15 is 0 Å². The van der Waals surface area contributed by atoms with Crippen LogP contribution in [0, 0.1) is 6.92 Å². The summed E-state index contributed by atoms with van der Waals surface area (Å²) in [7, 11) is -2.08. The van der Waals surface area contributed by atoms with Gasteiger partial charge < -0.3 is 4.90 Å². The fraction of sp³-hybridized carbons (Fsp3) is 0.474. The Labute approximate surface area is 159 Å². The molecule has 1 aromatic carbocycles. The van der Waals surface area contributed by atoms with Gasteiger partial charge in [-0.1, -0.05) is 17.7 Å². The number of hydrogen-bond acceptors (Lipinski definition) is 4. The van der Waals surface area contributed by atoms with Gasteiger partial charge in [0.05, 0.1) is 6.20 Å². The molecule has 2 aliphatic heterocycles. The molecule has 2 saturated heterocycles. The third kappa shape index (κ3) is 2.87. The summed E-state index contributed by atoms with van der Waals surface area (Å²) in [5.74, 6) is -0.109. The fourth-order valence-corrected chi connectivity index (χ4v) is 6.10. The van der Waals surface area contributed by atoms with Crippen molar-refractivity contribution >= 4 is 21.6 Å². The maximum absolute atomic E-state index is 13.5. The summed E-state index contributed by atoms with van der Waals surface area (Å²) in [6.07, 6.45) is 5.44. The summed E-state index contributed by atoms with van der Waals surface area (Å²) < 4.78 is 29.4. The van der Waals surface area contributed by atoms with Crippen LogP contribution in [0.2, 0.25) is 0 Å². The molecule has 0 N–H and O–H groups in total. The first-order valence-corrected chi connectivity index (χ1v) is 10.7. The first-order valence-electron chi connectivity index (χ1n) is 9.25. The van der Waals surface area contributed by atoms with Crippen molar-refractivity contribution < 1.29 is 13.2 Å². The Kier molecular flexibility index (Phi) is 4.35. The number of sulfonamides is 1. The highest BCUT2D eigenvalue weighted by molar-refractivity contribution is 7.89. The Bertz CT molecular complexity index is 967. The van der Waals surface area contributed by atoms with Gasteiger partial charge >= 0.3 is 0 Å². The molecule has 1 unspecified atom stereocenters. The van der Waals surface area contributed by atoms with Gasteiger partial charge in [0.15, 0.2) is 0 Å². The van der Waals surface area contributed by atoms with Crippen molar-refractivity contribution in [3.05, 3.63) is 42.2 Å². The first kappa shape index (κ1) is 18.2. The van der Waals surface area contributed by atoms with Crippen LogP contribution in [0.25, 0.3) is 0 Å². The Morgan fingerprint density at radius 3 is 2.37 bits per heavy atom. The maximum atomic E-state index is 13.5. The van der Waals surface area contributed by atoms with Crippen LogP contribution in [0.4, 0.5) is 5.69 Å². The highest BCUT2D eigenvalue weighted by Gasteiger charge is 2.55. The van der Waals surface area contributed by atoms with Gasteiger partial charge in [0.1, 0.15) is 10.4 Å². The molecule has 0 bridgehead atoms. The van der Waals surface area contributed by atoms with E-state index in [-0.39, 0.29) is 10.8 Å². The Hall–Kier alpha value is -2.19. The van der Waals surface area contributed by atoms with E-state index in [0.29, 0.717) is 32.4 Å². The van der Waals surface area contributed by atoms with Crippen molar-refractivity contribution in [2.24, 2.45) is 7.05 Å². The average Bonchev–Trinajstić information content (AvgIpc) is 3.26. The molecule has 0 radical (unpaired) electrons. The van der Waals surface area contributed by atoms with Crippen LogP contribution < -0.4 is 4.90 Å². The first-order chi connectivity index (χ1) is 12.8. The summed E-state index contributed by atoms with van der Waals surface area (Å²) in [6.45, 7) is 2.98. The molecule has 1 atom stereocenters. The number of rotatable bonds is 3. The maximum Gasteiger partial charge on any atom is 0.248 e. The lowest BCUT2D eigenvalue weighted by molar-refractivity contribution is -0.128. The minimum absolute atomic E-state index is 0.109. The van der Waals surface area contributed by atoms with Crippen molar-refractivity contribution in [1.82, 2.24) is 14.1 Å². The van der Waals surface area contributed by atoms with Crippen LogP contribution in [-0.4, -0.2) is 47.0 Å². The summed E-state index contributed by atoms with van der Waals surface area (Å²) >= 11 is 0. The van der Waals surface area contributed by atoms with Gasteiger partial charge in [0.2, 0.25) is 15.9 Å². The minimum Gasteiger partial charge on any atom is -0.311 e. The topological polar surface area (TPSA) is 75.5 Å². The van der Waals surface area contributed by atoms with Crippen molar-refractivity contribution in [3.63, 3.8) is 0 Å². The number of carbonyl (C=O) groups is 1. The monoisotopic (exact) mass is 388 g/mol. The van der Waals surface area contributed by atoms with Crippen molar-refractivity contribution in [1.29, 1.82) is 0 Å². The zero-order valence-corrected chi connectivity index (χ0v) is 16.4. The Morgan fingerprint density at radius 2 is 1.74 bits per heavy atom. The van der Waals surface area contributed by atoms with Crippen LogP contribution in [0.3, 0.4) is 0 Å². The number of hydrogen-bond donors (Lipinski definition) is 0. The molecule has 4 rings (SSSR count). The van der Waals surface area contributed by atoms with Crippen LogP contribution in [-0.2, 0) is 21.9 Å². The molecule has 3 heterocycles. The van der Waals surface area contributed by atoms with E-state index in [2.05, 4.69) is 5.10 Å². The number of aromatic nitrogens is 2. The lowest BCUT2D eigenvalue weighted by atomic mass is 9.86. The van der Waals surface area contributed by atoms with E-state index in [1.807, 2.05) is 31.2 Å². The second-order valence-electron chi connectivity index (χ2n) is 7.46. The van der Waals surface area contributed by atoms with E-state index in [1.165, 1.54) is 21.4 Å².